The van der Waals surface area contributed by atoms with E-state index in [0.717, 1.165) is 5.00 Å². The molecule has 4 heterocycles. The molecule has 0 atom stereocenters. The Morgan fingerprint density at radius 2 is 1.59 bits per heavy atom. The molecule has 0 aliphatic rings. The van der Waals surface area contributed by atoms with E-state index in [1.807, 2.05) is 58.0 Å². The standard InChI is InChI=1S/C7H6N2S.C4H3BrS.C3H4N2.2CO2/c1-3-7(10-6-1)9-5-2-4-8-9;5-4-2-1-3-6-4;1-2-4-5-3-1;2*2-1-3/h1-6H;1-3H;1-3H,(H,4,5);;. The van der Waals surface area contributed by atoms with Crippen LogP contribution in [0.1, 0.15) is 0 Å². The number of rotatable bonds is 1. The van der Waals surface area contributed by atoms with E-state index in [4.69, 9.17) is 19.2 Å². The van der Waals surface area contributed by atoms with Crippen molar-refractivity contribution in [3.63, 3.8) is 0 Å². The van der Waals surface area contributed by atoms with Crippen LogP contribution in [0.2, 0.25) is 0 Å². The molecule has 0 aliphatic heterocycles. The minimum atomic E-state index is 0.250. The van der Waals surface area contributed by atoms with Crippen molar-refractivity contribution < 1.29 is 19.2 Å². The van der Waals surface area contributed by atoms with Crippen molar-refractivity contribution in [3.8, 4) is 5.00 Å². The molecule has 0 saturated heterocycles. The summed E-state index contributed by atoms with van der Waals surface area (Å²) in [5.41, 5.74) is 0. The SMILES string of the molecule is Brc1cccs1.O=C=O.O=C=O.c1cn[nH]c1.c1csc(-n2cccn2)c1. The van der Waals surface area contributed by atoms with E-state index in [1.54, 1.807) is 41.3 Å². The summed E-state index contributed by atoms with van der Waals surface area (Å²) in [6.45, 7) is 0. The predicted molar refractivity (Wildman–Crippen MR) is 102 cm³/mol. The van der Waals surface area contributed by atoms with Gasteiger partial charge in [0.15, 0.2) is 0 Å². The molecule has 11 heteroatoms. The van der Waals surface area contributed by atoms with Crippen molar-refractivity contribution in [2.24, 2.45) is 0 Å². The molecule has 0 unspecified atom stereocenters. The van der Waals surface area contributed by atoms with Crippen molar-refractivity contribution in [3.05, 3.63) is 75.7 Å². The van der Waals surface area contributed by atoms with Crippen LogP contribution in [0, 0.1) is 0 Å². The van der Waals surface area contributed by atoms with Gasteiger partial charge in [-0.15, -0.1) is 22.7 Å². The fourth-order valence-electron chi connectivity index (χ4n) is 1.27. The minimum Gasteiger partial charge on any atom is -0.286 e. The van der Waals surface area contributed by atoms with Gasteiger partial charge in [0.05, 0.1) is 3.79 Å². The number of nitrogens with one attached hydrogen (secondary N) is 1. The van der Waals surface area contributed by atoms with Crippen molar-refractivity contribution in [1.29, 1.82) is 0 Å². The van der Waals surface area contributed by atoms with E-state index < -0.39 is 0 Å². The third-order valence-electron chi connectivity index (χ3n) is 2.13. The maximum Gasteiger partial charge on any atom is 0.373 e. The molecule has 0 bridgehead atoms. The fourth-order valence-corrected chi connectivity index (χ4v) is 2.86. The molecule has 0 saturated carbocycles. The fraction of sp³-hybridized carbons (Fsp3) is 0. The highest BCUT2D eigenvalue weighted by molar-refractivity contribution is 9.11. The van der Waals surface area contributed by atoms with Crippen LogP contribution < -0.4 is 0 Å². The van der Waals surface area contributed by atoms with E-state index in [2.05, 4.69) is 31.2 Å². The maximum atomic E-state index is 8.12. The zero-order valence-electron chi connectivity index (χ0n) is 13.6. The van der Waals surface area contributed by atoms with Crippen LogP contribution in [0.3, 0.4) is 0 Å². The molecule has 0 aromatic carbocycles. The predicted octanol–water partition coefficient (Wildman–Crippen LogP) is 3.69. The van der Waals surface area contributed by atoms with Gasteiger partial charge in [0.25, 0.3) is 0 Å². The second-order valence-corrected chi connectivity index (χ2v) is 7.01. The van der Waals surface area contributed by atoms with Gasteiger partial charge in [-0.2, -0.15) is 29.4 Å². The molecular formula is C16H13BrN4O4S2. The quantitative estimate of drug-likeness (QED) is 0.455. The molecule has 27 heavy (non-hydrogen) atoms. The van der Waals surface area contributed by atoms with Gasteiger partial charge in [-0.25, -0.2) is 4.68 Å². The minimum absolute atomic E-state index is 0.250. The highest BCUT2D eigenvalue weighted by atomic mass is 79.9. The Labute approximate surface area is 170 Å². The topological polar surface area (TPSA) is 115 Å². The molecular weight excluding hydrogens is 456 g/mol. The van der Waals surface area contributed by atoms with Crippen LogP contribution in [0.4, 0.5) is 0 Å². The number of halogens is 1. The largest absolute Gasteiger partial charge is 0.373 e. The first-order chi connectivity index (χ1) is 13.2. The molecule has 0 aliphatic carbocycles. The summed E-state index contributed by atoms with van der Waals surface area (Å²) in [5.74, 6) is 0. The third kappa shape index (κ3) is 14.0. The summed E-state index contributed by atoms with van der Waals surface area (Å²) >= 11 is 6.68. The number of aromatic nitrogens is 4. The highest BCUT2D eigenvalue weighted by Crippen LogP contribution is 2.14. The summed E-state index contributed by atoms with van der Waals surface area (Å²) < 4.78 is 3.05. The van der Waals surface area contributed by atoms with Crippen LogP contribution >= 0.6 is 38.6 Å². The Morgan fingerprint density at radius 1 is 0.926 bits per heavy atom. The van der Waals surface area contributed by atoms with Crippen LogP contribution in [-0.4, -0.2) is 32.3 Å². The Hall–Kier alpha value is -2.94. The molecule has 0 radical (unpaired) electrons. The summed E-state index contributed by atoms with van der Waals surface area (Å²) in [7, 11) is 0. The lowest BCUT2D eigenvalue weighted by Gasteiger charge is -1.91. The van der Waals surface area contributed by atoms with Gasteiger partial charge < -0.3 is 0 Å². The molecule has 140 valence electrons. The number of hydrogen-bond acceptors (Lipinski definition) is 8. The molecule has 4 rings (SSSR count). The number of nitrogens with zero attached hydrogens (tertiary/aromatic N) is 3. The zero-order chi connectivity index (χ0) is 20.2. The summed E-state index contributed by atoms with van der Waals surface area (Å²) in [6, 6.07) is 11.8. The average Bonchev–Trinajstić information content (AvgIpc) is 3.46. The second kappa shape index (κ2) is 17.9. The second-order valence-electron chi connectivity index (χ2n) is 3.75. The van der Waals surface area contributed by atoms with Crippen LogP contribution in [0.5, 0.6) is 0 Å². The molecule has 0 amide bonds. The van der Waals surface area contributed by atoms with Crippen molar-refractivity contribution >= 4 is 50.9 Å². The lowest BCUT2D eigenvalue weighted by atomic mass is 10.6. The van der Waals surface area contributed by atoms with E-state index in [-0.39, 0.29) is 12.3 Å². The normalized spacial score (nSPS) is 7.74. The first kappa shape index (κ1) is 24.1. The van der Waals surface area contributed by atoms with Gasteiger partial charge in [-0.3, -0.25) is 5.10 Å². The first-order valence-corrected chi connectivity index (χ1v) is 9.39. The molecule has 4 aromatic heterocycles. The van der Waals surface area contributed by atoms with Gasteiger partial charge >= 0.3 is 12.3 Å². The molecule has 1 N–H and O–H groups in total. The Balaban J connectivity index is 0.000000345. The summed E-state index contributed by atoms with van der Waals surface area (Å²) in [5, 5.41) is 15.5. The lowest BCUT2D eigenvalue weighted by molar-refractivity contribution is -0.193. The van der Waals surface area contributed by atoms with E-state index >= 15 is 0 Å². The van der Waals surface area contributed by atoms with Gasteiger partial charge in [0.1, 0.15) is 5.00 Å². The Morgan fingerprint density at radius 3 is 1.89 bits per heavy atom. The van der Waals surface area contributed by atoms with Gasteiger partial charge in [0.2, 0.25) is 0 Å². The number of H-pyrrole nitrogens is 1. The summed E-state index contributed by atoms with van der Waals surface area (Å²) in [4.78, 5) is 32.5. The Kier molecular flexibility index (Phi) is 15.9. The first-order valence-electron chi connectivity index (χ1n) is 6.84. The van der Waals surface area contributed by atoms with Crippen molar-refractivity contribution in [1.82, 2.24) is 20.0 Å². The number of carbonyl (C=O) groups excluding carboxylic acids is 4. The van der Waals surface area contributed by atoms with Crippen LogP contribution in [-0.2, 0) is 19.2 Å². The monoisotopic (exact) mass is 468 g/mol. The lowest BCUT2D eigenvalue weighted by Crippen LogP contribution is -1.88. The molecule has 0 spiro atoms. The van der Waals surface area contributed by atoms with E-state index in [9.17, 15) is 0 Å². The average molecular weight is 469 g/mol. The van der Waals surface area contributed by atoms with Gasteiger partial charge in [-0.05, 0) is 57.0 Å². The van der Waals surface area contributed by atoms with Crippen LogP contribution in [0.25, 0.3) is 5.00 Å². The summed E-state index contributed by atoms with van der Waals surface area (Å²) in [6.07, 6.45) is 7.67. The van der Waals surface area contributed by atoms with Crippen LogP contribution in [0.15, 0.2) is 75.7 Å². The number of thiophene rings is 2. The molecule has 4 aromatic rings. The van der Waals surface area contributed by atoms with E-state index in [0.29, 0.717) is 0 Å². The van der Waals surface area contributed by atoms with Crippen molar-refractivity contribution in [2.75, 3.05) is 0 Å². The third-order valence-corrected chi connectivity index (χ3v) is 4.47. The number of hydrogen-bond donors (Lipinski definition) is 1. The van der Waals surface area contributed by atoms with Gasteiger partial charge in [0, 0.05) is 24.8 Å². The van der Waals surface area contributed by atoms with E-state index in [1.165, 1.54) is 3.79 Å². The maximum absolute atomic E-state index is 8.12. The molecule has 0 fully saturated rings. The molecule has 8 nitrogen and oxygen atoms in total. The zero-order valence-corrected chi connectivity index (χ0v) is 16.8. The smallest absolute Gasteiger partial charge is 0.286 e. The number of aromatic amines is 1. The highest BCUT2D eigenvalue weighted by Gasteiger charge is 1.92. The Bertz CT molecular complexity index is 775. The van der Waals surface area contributed by atoms with Gasteiger partial charge in [-0.1, -0.05) is 6.07 Å². The van der Waals surface area contributed by atoms with Crippen molar-refractivity contribution in [2.45, 2.75) is 0 Å².